The van der Waals surface area contributed by atoms with Gasteiger partial charge < -0.3 is 4.42 Å². The van der Waals surface area contributed by atoms with Gasteiger partial charge in [0.2, 0.25) is 0 Å². The number of para-hydroxylation sites is 1. The second-order valence-corrected chi connectivity index (χ2v) is 7.22. The number of hydrogen-bond donors (Lipinski definition) is 0. The molecule has 1 nitrogen and oxygen atoms in total. The molecule has 0 bridgehead atoms. The van der Waals surface area contributed by atoms with Gasteiger partial charge in [-0.25, -0.2) is 0 Å². The maximum absolute atomic E-state index is 6.34. The summed E-state index contributed by atoms with van der Waals surface area (Å²) in [6.07, 6.45) is 0. The molecular weight excluding hydrogens is 316 g/mol. The molecule has 5 rings (SSSR count). The lowest BCUT2D eigenvalue weighted by molar-refractivity contribution is 0.669. The Kier molecular flexibility index (Phi) is 3.36. The topological polar surface area (TPSA) is 13.1 Å². The summed E-state index contributed by atoms with van der Waals surface area (Å²) < 4.78 is 6.34. The number of hydrogen-bond acceptors (Lipinski definition) is 1. The predicted molar refractivity (Wildman–Crippen MR) is 111 cm³/mol. The van der Waals surface area contributed by atoms with Crippen molar-refractivity contribution in [2.45, 2.75) is 19.8 Å². The van der Waals surface area contributed by atoms with Crippen LogP contribution in [0.2, 0.25) is 0 Å². The van der Waals surface area contributed by atoms with E-state index in [0.717, 1.165) is 16.7 Å². The molecule has 0 aliphatic carbocycles. The molecule has 0 saturated carbocycles. The van der Waals surface area contributed by atoms with E-state index in [4.69, 9.17) is 4.42 Å². The highest BCUT2D eigenvalue weighted by molar-refractivity contribution is 6.11. The first-order chi connectivity index (χ1) is 12.7. The Morgan fingerprint density at radius 2 is 1.54 bits per heavy atom. The highest BCUT2D eigenvalue weighted by Gasteiger charge is 2.16. The first-order valence-corrected chi connectivity index (χ1v) is 9.16. The SMILES string of the molecule is CC(C)c1cccc2oc3c(-c4ccc5ccccc5c4)cccc3c12. The van der Waals surface area contributed by atoms with Gasteiger partial charge in [-0.3, -0.25) is 0 Å². The van der Waals surface area contributed by atoms with Crippen molar-refractivity contribution in [2.24, 2.45) is 0 Å². The van der Waals surface area contributed by atoms with Crippen molar-refractivity contribution in [3.63, 3.8) is 0 Å². The van der Waals surface area contributed by atoms with Gasteiger partial charge in [0, 0.05) is 16.3 Å². The Hall–Kier alpha value is -3.06. The van der Waals surface area contributed by atoms with Gasteiger partial charge in [-0.05, 0) is 39.9 Å². The maximum atomic E-state index is 6.34. The minimum atomic E-state index is 0.462. The number of benzene rings is 4. The van der Waals surface area contributed by atoms with Crippen molar-refractivity contribution in [1.29, 1.82) is 0 Å². The Morgan fingerprint density at radius 3 is 2.38 bits per heavy atom. The summed E-state index contributed by atoms with van der Waals surface area (Å²) in [6.45, 7) is 4.47. The molecule has 5 aromatic rings. The Morgan fingerprint density at radius 1 is 0.731 bits per heavy atom. The van der Waals surface area contributed by atoms with Crippen LogP contribution in [0.15, 0.2) is 83.3 Å². The Balaban J connectivity index is 1.83. The fraction of sp³-hybridized carbons (Fsp3) is 0.120. The third-order valence-electron chi connectivity index (χ3n) is 5.24. The summed E-state index contributed by atoms with van der Waals surface area (Å²) in [7, 11) is 0. The van der Waals surface area contributed by atoms with E-state index in [2.05, 4.69) is 92.7 Å². The molecule has 0 unspecified atom stereocenters. The summed E-state index contributed by atoms with van der Waals surface area (Å²) in [5, 5.41) is 4.96. The lowest BCUT2D eigenvalue weighted by Crippen LogP contribution is -1.87. The lowest BCUT2D eigenvalue weighted by atomic mass is 9.95. The lowest BCUT2D eigenvalue weighted by Gasteiger charge is -2.07. The van der Waals surface area contributed by atoms with Crippen molar-refractivity contribution in [3.8, 4) is 11.1 Å². The van der Waals surface area contributed by atoms with Crippen LogP contribution in [0.1, 0.15) is 25.3 Å². The fourth-order valence-electron chi connectivity index (χ4n) is 3.94. The third kappa shape index (κ3) is 2.24. The van der Waals surface area contributed by atoms with E-state index in [9.17, 15) is 0 Å². The molecule has 1 heterocycles. The number of rotatable bonds is 2. The normalized spacial score (nSPS) is 11.8. The molecule has 0 fully saturated rings. The van der Waals surface area contributed by atoms with Crippen molar-refractivity contribution >= 4 is 32.7 Å². The van der Waals surface area contributed by atoms with E-state index in [0.29, 0.717) is 5.92 Å². The summed E-state index contributed by atoms with van der Waals surface area (Å²) >= 11 is 0. The van der Waals surface area contributed by atoms with Crippen LogP contribution in [0.4, 0.5) is 0 Å². The van der Waals surface area contributed by atoms with Crippen molar-refractivity contribution in [1.82, 2.24) is 0 Å². The van der Waals surface area contributed by atoms with Gasteiger partial charge in [0.1, 0.15) is 11.2 Å². The molecule has 26 heavy (non-hydrogen) atoms. The molecule has 0 aliphatic rings. The van der Waals surface area contributed by atoms with E-state index in [-0.39, 0.29) is 0 Å². The zero-order valence-corrected chi connectivity index (χ0v) is 15.0. The van der Waals surface area contributed by atoms with E-state index >= 15 is 0 Å². The zero-order chi connectivity index (χ0) is 17.7. The number of fused-ring (bicyclic) bond motifs is 4. The quantitative estimate of drug-likeness (QED) is 0.325. The van der Waals surface area contributed by atoms with Gasteiger partial charge in [0.25, 0.3) is 0 Å². The molecule has 0 N–H and O–H groups in total. The molecule has 0 atom stereocenters. The minimum absolute atomic E-state index is 0.462. The third-order valence-corrected chi connectivity index (χ3v) is 5.24. The smallest absolute Gasteiger partial charge is 0.143 e. The van der Waals surface area contributed by atoms with E-state index < -0.39 is 0 Å². The van der Waals surface area contributed by atoms with Crippen LogP contribution >= 0.6 is 0 Å². The standard InChI is InChI=1S/C25H20O/c1-16(2)20-9-6-12-23-24(20)22-11-5-10-21(25(22)26-23)19-14-13-17-7-3-4-8-18(17)15-19/h3-16H,1-2H3. The summed E-state index contributed by atoms with van der Waals surface area (Å²) in [4.78, 5) is 0. The van der Waals surface area contributed by atoms with E-state index in [1.807, 2.05) is 0 Å². The molecule has 0 aliphatic heterocycles. The molecular formula is C25H20O. The largest absolute Gasteiger partial charge is 0.455 e. The van der Waals surface area contributed by atoms with Crippen LogP contribution in [0, 0.1) is 0 Å². The van der Waals surface area contributed by atoms with Crippen molar-refractivity contribution < 1.29 is 4.42 Å². The van der Waals surface area contributed by atoms with Gasteiger partial charge in [-0.15, -0.1) is 0 Å². The van der Waals surface area contributed by atoms with E-state index in [1.165, 1.54) is 32.7 Å². The Labute approximate surface area is 152 Å². The van der Waals surface area contributed by atoms with Gasteiger partial charge in [-0.2, -0.15) is 0 Å². The number of furan rings is 1. The summed E-state index contributed by atoms with van der Waals surface area (Å²) in [6, 6.07) is 28.0. The molecule has 126 valence electrons. The van der Waals surface area contributed by atoms with Gasteiger partial charge in [0.15, 0.2) is 0 Å². The van der Waals surface area contributed by atoms with Crippen LogP contribution < -0.4 is 0 Å². The van der Waals surface area contributed by atoms with Crippen molar-refractivity contribution in [2.75, 3.05) is 0 Å². The van der Waals surface area contributed by atoms with Crippen molar-refractivity contribution in [3.05, 3.63) is 84.4 Å². The Bertz CT molecular complexity index is 1260. The van der Waals surface area contributed by atoms with Crippen LogP contribution in [0.3, 0.4) is 0 Å². The average Bonchev–Trinajstić information content (AvgIpc) is 3.06. The molecule has 0 amide bonds. The van der Waals surface area contributed by atoms with Gasteiger partial charge >= 0.3 is 0 Å². The molecule has 4 aromatic carbocycles. The second kappa shape index (κ2) is 5.74. The van der Waals surface area contributed by atoms with E-state index in [1.54, 1.807) is 0 Å². The van der Waals surface area contributed by atoms with Gasteiger partial charge in [0.05, 0.1) is 0 Å². The fourth-order valence-corrected chi connectivity index (χ4v) is 3.94. The summed E-state index contributed by atoms with van der Waals surface area (Å²) in [5.41, 5.74) is 5.64. The molecule has 0 spiro atoms. The summed E-state index contributed by atoms with van der Waals surface area (Å²) in [5.74, 6) is 0.462. The molecule has 0 saturated heterocycles. The van der Waals surface area contributed by atoms with Crippen LogP contribution in [-0.2, 0) is 0 Å². The highest BCUT2D eigenvalue weighted by atomic mass is 16.3. The average molecular weight is 336 g/mol. The van der Waals surface area contributed by atoms with Crippen LogP contribution in [0.25, 0.3) is 43.8 Å². The predicted octanol–water partition coefficient (Wildman–Crippen LogP) is 7.53. The zero-order valence-electron chi connectivity index (χ0n) is 15.0. The van der Waals surface area contributed by atoms with Crippen LogP contribution in [0.5, 0.6) is 0 Å². The highest BCUT2D eigenvalue weighted by Crippen LogP contribution is 2.39. The second-order valence-electron chi connectivity index (χ2n) is 7.22. The molecule has 1 aromatic heterocycles. The molecule has 1 heteroatoms. The first-order valence-electron chi connectivity index (χ1n) is 9.16. The van der Waals surface area contributed by atoms with Gasteiger partial charge in [-0.1, -0.05) is 80.6 Å². The maximum Gasteiger partial charge on any atom is 0.143 e. The monoisotopic (exact) mass is 336 g/mol. The first kappa shape index (κ1) is 15.2. The minimum Gasteiger partial charge on any atom is -0.455 e. The van der Waals surface area contributed by atoms with Crippen LogP contribution in [-0.4, -0.2) is 0 Å². The molecule has 0 radical (unpaired) electrons.